The van der Waals surface area contributed by atoms with E-state index in [1.807, 2.05) is 4.90 Å². The summed E-state index contributed by atoms with van der Waals surface area (Å²) in [5, 5.41) is 23.6. The van der Waals surface area contributed by atoms with Gasteiger partial charge < -0.3 is 10.4 Å². The highest BCUT2D eigenvalue weighted by atomic mass is 19.4. The molecule has 1 aliphatic heterocycles. The molecule has 0 bridgehead atoms. The highest BCUT2D eigenvalue weighted by Gasteiger charge is 2.31. The van der Waals surface area contributed by atoms with Gasteiger partial charge in [0.05, 0.1) is 17.1 Å². The van der Waals surface area contributed by atoms with Crippen LogP contribution in [0.4, 0.5) is 28.9 Å². The number of benzene rings is 2. The van der Waals surface area contributed by atoms with Crippen molar-refractivity contribution in [1.29, 1.82) is 0 Å². The molecule has 30 heavy (non-hydrogen) atoms. The zero-order valence-corrected chi connectivity index (χ0v) is 16.0. The van der Waals surface area contributed by atoms with Crippen molar-refractivity contribution in [1.82, 2.24) is 4.90 Å². The Labute approximate surface area is 170 Å². The Morgan fingerprint density at radius 1 is 1.23 bits per heavy atom. The number of alkyl halides is 3. The largest absolute Gasteiger partial charge is 0.416 e. The van der Waals surface area contributed by atoms with Crippen LogP contribution in [0.15, 0.2) is 36.4 Å². The summed E-state index contributed by atoms with van der Waals surface area (Å²) in [6.45, 7) is 0.939. The number of rotatable bonds is 6. The Morgan fingerprint density at radius 3 is 2.63 bits per heavy atom. The first kappa shape index (κ1) is 22.0. The van der Waals surface area contributed by atoms with Gasteiger partial charge in [-0.2, -0.15) is 13.2 Å². The third-order valence-corrected chi connectivity index (χ3v) is 5.08. The minimum Gasteiger partial charge on any atom is -0.392 e. The van der Waals surface area contributed by atoms with Gasteiger partial charge in [0.1, 0.15) is 11.5 Å². The maximum Gasteiger partial charge on any atom is 0.416 e. The number of anilines is 1. The second kappa shape index (κ2) is 8.97. The van der Waals surface area contributed by atoms with Crippen LogP contribution in [0, 0.1) is 15.9 Å². The summed E-state index contributed by atoms with van der Waals surface area (Å²) in [5.41, 5.74) is -0.255. The molecule has 0 amide bonds. The normalized spacial score (nSPS) is 17.7. The van der Waals surface area contributed by atoms with Crippen LogP contribution >= 0.6 is 0 Å². The zero-order chi connectivity index (χ0) is 21.9. The van der Waals surface area contributed by atoms with E-state index in [1.165, 1.54) is 12.1 Å². The van der Waals surface area contributed by atoms with Gasteiger partial charge in [-0.3, -0.25) is 15.0 Å². The molecule has 0 aliphatic carbocycles. The number of nitro groups is 1. The molecule has 0 radical (unpaired) electrons. The summed E-state index contributed by atoms with van der Waals surface area (Å²) in [6, 6.07) is 6.81. The fourth-order valence-electron chi connectivity index (χ4n) is 3.58. The summed E-state index contributed by atoms with van der Waals surface area (Å²) in [7, 11) is 0. The molecule has 0 saturated carbocycles. The quantitative estimate of drug-likeness (QED) is 0.408. The maximum atomic E-state index is 14.2. The first-order valence-corrected chi connectivity index (χ1v) is 9.40. The second-order valence-corrected chi connectivity index (χ2v) is 7.29. The SMILES string of the molecule is O=[N+]([O-])c1cc(CO)ccc1NC1CCCN(Cc2ccc(C(F)(F)F)cc2F)C1. The van der Waals surface area contributed by atoms with Gasteiger partial charge in [-0.25, -0.2) is 4.39 Å². The van der Waals surface area contributed by atoms with E-state index in [-0.39, 0.29) is 30.4 Å². The van der Waals surface area contributed by atoms with E-state index < -0.39 is 22.5 Å². The van der Waals surface area contributed by atoms with E-state index in [9.17, 15) is 32.8 Å². The molecule has 1 saturated heterocycles. The number of nitro benzene ring substituents is 1. The van der Waals surface area contributed by atoms with Crippen LogP contribution in [0.2, 0.25) is 0 Å². The standard InChI is InChI=1S/C20H21F4N3O3/c21-17-9-15(20(22,23)24)5-4-14(17)10-26-7-1-2-16(11-26)25-18-6-3-13(12-28)8-19(18)27(29)30/h3-6,8-9,16,25,28H,1-2,7,10-12H2. The van der Waals surface area contributed by atoms with Crippen molar-refractivity contribution in [2.45, 2.75) is 38.2 Å². The molecule has 2 aromatic rings. The Bertz CT molecular complexity index is 921. The predicted molar refractivity (Wildman–Crippen MR) is 102 cm³/mol. The molecule has 1 atom stereocenters. The van der Waals surface area contributed by atoms with Gasteiger partial charge >= 0.3 is 6.18 Å². The number of aliphatic hydroxyl groups is 1. The highest BCUT2D eigenvalue weighted by Crippen LogP contribution is 2.31. The van der Waals surface area contributed by atoms with Gasteiger partial charge in [-0.1, -0.05) is 12.1 Å². The topological polar surface area (TPSA) is 78.6 Å². The fraction of sp³-hybridized carbons (Fsp3) is 0.400. The molecule has 1 heterocycles. The second-order valence-electron chi connectivity index (χ2n) is 7.29. The van der Waals surface area contributed by atoms with Crippen molar-refractivity contribution < 1.29 is 27.6 Å². The maximum absolute atomic E-state index is 14.2. The Balaban J connectivity index is 1.69. The van der Waals surface area contributed by atoms with Crippen molar-refractivity contribution in [2.75, 3.05) is 18.4 Å². The predicted octanol–water partition coefficient (Wildman–Crippen LogP) is 4.32. The third kappa shape index (κ3) is 5.25. The molecule has 1 unspecified atom stereocenters. The summed E-state index contributed by atoms with van der Waals surface area (Å²) in [5.74, 6) is -0.907. The lowest BCUT2D eigenvalue weighted by Crippen LogP contribution is -2.41. The van der Waals surface area contributed by atoms with Gasteiger partial charge in [0.2, 0.25) is 0 Å². The van der Waals surface area contributed by atoms with Gasteiger partial charge in [0.15, 0.2) is 0 Å². The Morgan fingerprint density at radius 2 is 2.00 bits per heavy atom. The average Bonchev–Trinajstić information content (AvgIpc) is 2.69. The number of halogens is 4. The van der Waals surface area contributed by atoms with Crippen LogP contribution in [0.1, 0.15) is 29.5 Å². The lowest BCUT2D eigenvalue weighted by Gasteiger charge is -2.33. The number of nitrogens with one attached hydrogen (secondary N) is 1. The summed E-state index contributed by atoms with van der Waals surface area (Å²) in [4.78, 5) is 12.7. The monoisotopic (exact) mass is 427 g/mol. The summed E-state index contributed by atoms with van der Waals surface area (Å²) >= 11 is 0. The molecule has 0 spiro atoms. The van der Waals surface area contributed by atoms with Crippen LogP contribution in [0.3, 0.4) is 0 Å². The van der Waals surface area contributed by atoms with Crippen molar-refractivity contribution in [2.24, 2.45) is 0 Å². The zero-order valence-electron chi connectivity index (χ0n) is 16.0. The molecule has 1 fully saturated rings. The first-order valence-electron chi connectivity index (χ1n) is 9.40. The minimum absolute atomic E-state index is 0.144. The highest BCUT2D eigenvalue weighted by molar-refractivity contribution is 5.63. The smallest absolute Gasteiger partial charge is 0.392 e. The minimum atomic E-state index is -4.60. The van der Waals surface area contributed by atoms with Crippen molar-refractivity contribution in [3.05, 3.63) is 69.0 Å². The van der Waals surface area contributed by atoms with Gasteiger partial charge in [-0.05, 0) is 43.1 Å². The van der Waals surface area contributed by atoms with Crippen molar-refractivity contribution >= 4 is 11.4 Å². The Kier molecular flexibility index (Phi) is 6.57. The molecule has 2 aromatic carbocycles. The van der Waals surface area contributed by atoms with Gasteiger partial charge in [0.25, 0.3) is 5.69 Å². The molecule has 162 valence electrons. The number of hydrogen-bond acceptors (Lipinski definition) is 5. The van der Waals surface area contributed by atoms with E-state index in [0.717, 1.165) is 25.0 Å². The lowest BCUT2D eigenvalue weighted by atomic mass is 10.0. The molecule has 3 rings (SSSR count). The molecule has 6 nitrogen and oxygen atoms in total. The van der Waals surface area contributed by atoms with Crippen LogP contribution < -0.4 is 5.32 Å². The van der Waals surface area contributed by atoms with Crippen molar-refractivity contribution in [3.8, 4) is 0 Å². The van der Waals surface area contributed by atoms with E-state index >= 15 is 0 Å². The number of likely N-dealkylation sites (tertiary alicyclic amines) is 1. The van der Waals surface area contributed by atoms with E-state index in [2.05, 4.69) is 5.32 Å². The van der Waals surface area contributed by atoms with E-state index in [0.29, 0.717) is 30.4 Å². The van der Waals surface area contributed by atoms with Crippen LogP contribution in [-0.2, 0) is 19.3 Å². The first-order chi connectivity index (χ1) is 14.2. The van der Waals surface area contributed by atoms with Crippen LogP contribution in [0.5, 0.6) is 0 Å². The molecule has 2 N–H and O–H groups in total. The fourth-order valence-corrected chi connectivity index (χ4v) is 3.58. The van der Waals surface area contributed by atoms with Crippen LogP contribution in [-0.4, -0.2) is 34.1 Å². The molecular weight excluding hydrogens is 406 g/mol. The third-order valence-electron chi connectivity index (χ3n) is 5.08. The lowest BCUT2D eigenvalue weighted by molar-refractivity contribution is -0.384. The summed E-state index contributed by atoms with van der Waals surface area (Å²) < 4.78 is 52.3. The molecule has 10 heteroatoms. The Hall–Kier alpha value is -2.72. The van der Waals surface area contributed by atoms with Gasteiger partial charge in [-0.15, -0.1) is 0 Å². The number of aliphatic hydroxyl groups excluding tert-OH is 1. The van der Waals surface area contributed by atoms with Gasteiger partial charge in [0, 0.05) is 30.8 Å². The molecule has 0 aromatic heterocycles. The molecule has 1 aliphatic rings. The number of hydrogen-bond donors (Lipinski definition) is 2. The summed E-state index contributed by atoms with van der Waals surface area (Å²) in [6.07, 6.45) is -3.10. The van der Waals surface area contributed by atoms with E-state index in [4.69, 9.17) is 0 Å². The average molecular weight is 427 g/mol. The van der Waals surface area contributed by atoms with Crippen molar-refractivity contribution in [3.63, 3.8) is 0 Å². The van der Waals surface area contributed by atoms with E-state index in [1.54, 1.807) is 6.07 Å². The number of piperidine rings is 1. The van der Waals surface area contributed by atoms with Crippen LogP contribution in [0.25, 0.3) is 0 Å². The molecular formula is C20H21F4N3O3. The number of nitrogens with zero attached hydrogens (tertiary/aromatic N) is 2.